The number of allylic oxidation sites excluding steroid dienone is 2. The van der Waals surface area contributed by atoms with Crippen molar-refractivity contribution in [2.24, 2.45) is 11.8 Å². The lowest BCUT2D eigenvalue weighted by atomic mass is 9.53. The van der Waals surface area contributed by atoms with Gasteiger partial charge in [-0.1, -0.05) is 12.1 Å². The minimum absolute atomic E-state index is 0. The largest absolute Gasteiger partial charge is 1.00 e. The second-order valence-corrected chi connectivity index (χ2v) is 24.0. The van der Waals surface area contributed by atoms with Crippen molar-refractivity contribution >= 4 is 12.3 Å². The van der Waals surface area contributed by atoms with Crippen LogP contribution < -0.4 is 36.3 Å². The van der Waals surface area contributed by atoms with E-state index in [1.165, 1.54) is 27.2 Å². The number of hydrogen-bond acceptors (Lipinski definition) is 21. The molecule has 2 spiro atoms. The number of aliphatic hydroxyl groups excluding tert-OH is 4. The summed E-state index contributed by atoms with van der Waals surface area (Å²) in [6.07, 6.45) is -4.09. The van der Waals surface area contributed by atoms with Gasteiger partial charge in [-0.2, -0.15) is 0 Å². The molecule has 23 heteroatoms. The van der Waals surface area contributed by atoms with Crippen molar-refractivity contribution in [2.45, 2.75) is 174 Å². The molecule has 4 aliphatic carbocycles. The quantitative estimate of drug-likeness (QED) is 0.195. The van der Waals surface area contributed by atoms with Gasteiger partial charge in [0.05, 0.1) is 39.3 Å². The summed E-state index contributed by atoms with van der Waals surface area (Å²) in [4.78, 5) is 29.9. The molecular weight excluding hydrogens is 1060 g/mol. The number of aliphatic hydroxyl groups is 4. The Morgan fingerprint density at radius 2 is 1.24 bits per heavy atom. The first-order chi connectivity index (χ1) is 37.2. The zero-order valence-electron chi connectivity index (χ0n) is 45.4. The predicted molar refractivity (Wildman–Crippen MR) is 265 cm³/mol. The molecule has 79 heavy (non-hydrogen) atoms. The first-order valence-corrected chi connectivity index (χ1v) is 27.4. The number of fused-ring (bicyclic) bond motifs is 3. The van der Waals surface area contributed by atoms with Gasteiger partial charge in [-0.15, -0.1) is 0 Å². The average molecular weight is 1130 g/mol. The Hall–Kier alpha value is -4.53. The van der Waals surface area contributed by atoms with E-state index in [4.69, 9.17) is 66.3 Å². The summed E-state index contributed by atoms with van der Waals surface area (Å²) >= 11 is 0. The Kier molecular flexibility index (Phi) is 13.8. The van der Waals surface area contributed by atoms with Crippen LogP contribution in [0.25, 0.3) is 0 Å². The van der Waals surface area contributed by atoms with E-state index in [9.17, 15) is 30.0 Å². The molecule has 8 aliphatic heterocycles. The fraction of sp³-hybridized carbons (Fsp3) is 0.679. The molecule has 14 rings (SSSR count). The minimum Gasteiger partial charge on any atom is -1.00 e. The Balaban J connectivity index is 0.000000158. The van der Waals surface area contributed by atoms with Gasteiger partial charge in [-0.05, 0) is 108 Å². The summed E-state index contributed by atoms with van der Waals surface area (Å²) in [6.45, 7) is 8.68. The smallest absolute Gasteiger partial charge is 0.513 e. The molecule has 0 radical (unpaired) electrons. The number of nitrogens with one attached hydrogen (secondary N) is 1. The van der Waals surface area contributed by atoms with Gasteiger partial charge in [-0.25, -0.2) is 9.59 Å². The summed E-state index contributed by atoms with van der Waals surface area (Å²) in [7, 11) is 7.71. The number of ether oxygens (including phenoxy) is 14. The van der Waals surface area contributed by atoms with E-state index in [2.05, 4.69) is 31.1 Å². The third kappa shape index (κ3) is 8.55. The van der Waals surface area contributed by atoms with Crippen LogP contribution in [0.5, 0.6) is 23.0 Å². The maximum absolute atomic E-state index is 13.2. The normalized spacial score (nSPS) is 41.3. The van der Waals surface area contributed by atoms with E-state index in [-0.39, 0.29) is 29.8 Å². The molecule has 432 valence electrons. The first kappa shape index (κ1) is 55.0. The lowest BCUT2D eigenvalue weighted by Gasteiger charge is -2.56. The van der Waals surface area contributed by atoms with Gasteiger partial charge in [0.15, 0.2) is 59.4 Å². The molecule has 6 fully saturated rings. The average Bonchev–Trinajstić information content (AvgIpc) is 2.57. The molecule has 6 saturated heterocycles. The predicted octanol–water partition coefficient (Wildman–Crippen LogP) is -1.19. The standard InChI is InChI=1S/C31H39NO10.C25H31NO10.ClH/c1-29(2)39-23-20(36-27-25(24(23)40-29)41-30(3,4)42-27)14-35-28(33)37-19-10-8-16-17-13-15-7-9-18(34-6)22-21(15)31(16,26(19)38-22)11-12-32(17)5;1-26-8-7-25-12-4-6-15(35-24(31)33-10-16-18(27)19(28)20(29)23(30)34-16)22(25)36-21-14(32-2)5-3-11(17(21)25)9-13(12)26;/h7,9-10,16-17,20,23-27H,8,11-14H2,1-6H3;3,5-6,12-13,16,18-20,22-23,27-30H,4,7-10H2,1-2H3;1H/t16?,17-,20-,23+,24+,25-,26?,27-,31+;12?,13-,16-,18+,19+,20-,22?,23+,25+;/m11./s1. The SMILES string of the molecule is COc1ccc2c3c1OC1C(OC(=O)OC[C@H]4O[C@@H]5OC(C)(C)O[C@@H]5[C@H]5OC(C)(C)O[C@H]54)=CCC4[C@@H](C2)N(C)CC[C@]314.COc1ccc2c3c1OC1C(OC(=O)OC[C@H]4O[C@H](O)[C@H](O)[C@@H](O)[C@H]4O)=CCC4[C@@H](C2)[NH+](C)CC[C@]314.[Cl-]. The highest BCUT2D eigenvalue weighted by molar-refractivity contribution is 5.67. The Morgan fingerprint density at radius 1 is 0.684 bits per heavy atom. The fourth-order valence-electron chi connectivity index (χ4n) is 15.7. The molecule has 5 N–H and O–H groups in total. The number of carbonyl (C=O) groups excluding carboxylic acids is 2. The monoisotopic (exact) mass is 1130 g/mol. The van der Waals surface area contributed by atoms with E-state index in [0.717, 1.165) is 57.4 Å². The van der Waals surface area contributed by atoms with Crippen LogP contribution in [0, 0.1) is 11.8 Å². The van der Waals surface area contributed by atoms with Crippen LogP contribution in [0.1, 0.15) is 75.6 Å². The molecule has 4 bridgehead atoms. The summed E-state index contributed by atoms with van der Waals surface area (Å²) in [5.74, 6) is 2.74. The second kappa shape index (κ2) is 19.8. The maximum atomic E-state index is 13.2. The summed E-state index contributed by atoms with van der Waals surface area (Å²) in [6, 6.07) is 9.02. The van der Waals surface area contributed by atoms with Crippen LogP contribution in [-0.4, -0.2) is 190 Å². The molecule has 2 aromatic carbocycles. The van der Waals surface area contributed by atoms with Gasteiger partial charge in [0.1, 0.15) is 73.6 Å². The van der Waals surface area contributed by atoms with Crippen molar-refractivity contribution in [3.8, 4) is 23.0 Å². The molecule has 0 saturated carbocycles. The zero-order valence-corrected chi connectivity index (χ0v) is 46.2. The molecule has 19 atom stereocenters. The fourth-order valence-corrected chi connectivity index (χ4v) is 15.7. The van der Waals surface area contributed by atoms with Gasteiger partial charge in [0, 0.05) is 41.3 Å². The Morgan fingerprint density at radius 3 is 1.87 bits per heavy atom. The topological polar surface area (TPSA) is 252 Å². The number of hydrogen-bond donors (Lipinski definition) is 5. The number of nitrogens with zero attached hydrogens (tertiary/aromatic N) is 1. The van der Waals surface area contributed by atoms with Crippen LogP contribution in [0.2, 0.25) is 0 Å². The number of likely N-dealkylation sites (tertiary alicyclic amines) is 2. The maximum Gasteiger partial charge on any atom is 0.513 e. The van der Waals surface area contributed by atoms with Crippen LogP contribution in [0.3, 0.4) is 0 Å². The van der Waals surface area contributed by atoms with Crippen molar-refractivity contribution in [1.29, 1.82) is 0 Å². The number of halogens is 1. The highest BCUT2D eigenvalue weighted by atomic mass is 35.5. The van der Waals surface area contributed by atoms with Gasteiger partial charge in [-0.3, -0.25) is 0 Å². The Labute approximate surface area is 463 Å². The zero-order chi connectivity index (χ0) is 54.5. The number of methoxy groups -OCH3 is 2. The lowest BCUT2D eigenvalue weighted by molar-refractivity contribution is -0.918. The number of benzene rings is 2. The molecule has 5 unspecified atom stereocenters. The number of carbonyl (C=O) groups is 2. The van der Waals surface area contributed by atoms with Gasteiger partial charge < -0.3 is 109 Å². The van der Waals surface area contributed by atoms with E-state index in [1.807, 2.05) is 52.0 Å². The number of likely N-dealkylation sites (N-methyl/N-ethyl adjacent to an activating group) is 2. The third-order valence-corrected chi connectivity index (χ3v) is 19.1. The molecule has 8 heterocycles. The van der Waals surface area contributed by atoms with Crippen molar-refractivity contribution in [1.82, 2.24) is 4.90 Å². The summed E-state index contributed by atoms with van der Waals surface area (Å²) < 4.78 is 82.5. The van der Waals surface area contributed by atoms with Crippen LogP contribution in [0.4, 0.5) is 9.59 Å². The molecule has 2 aromatic rings. The van der Waals surface area contributed by atoms with Gasteiger partial charge in [0.2, 0.25) is 0 Å². The van der Waals surface area contributed by atoms with Crippen molar-refractivity contribution in [2.75, 3.05) is 54.6 Å². The number of quaternary nitrogens is 1. The molecule has 0 amide bonds. The molecule has 12 aliphatic rings. The summed E-state index contributed by atoms with van der Waals surface area (Å²) in [5, 5.41) is 39.2. The van der Waals surface area contributed by atoms with Gasteiger partial charge in [0.25, 0.3) is 0 Å². The van der Waals surface area contributed by atoms with Crippen molar-refractivity contribution in [3.05, 3.63) is 70.2 Å². The lowest BCUT2D eigenvalue weighted by Crippen LogP contribution is -3.16. The van der Waals surface area contributed by atoms with E-state index >= 15 is 0 Å². The van der Waals surface area contributed by atoms with E-state index in [1.54, 1.807) is 14.2 Å². The second-order valence-electron chi connectivity index (χ2n) is 24.0. The minimum atomic E-state index is -1.72. The molecule has 0 aromatic heterocycles. The van der Waals surface area contributed by atoms with E-state index in [0.29, 0.717) is 52.7 Å². The van der Waals surface area contributed by atoms with Gasteiger partial charge >= 0.3 is 12.3 Å². The van der Waals surface area contributed by atoms with Crippen molar-refractivity contribution < 1.29 is 114 Å². The van der Waals surface area contributed by atoms with Crippen molar-refractivity contribution in [3.63, 3.8) is 0 Å². The third-order valence-electron chi connectivity index (χ3n) is 19.1. The molecular formula is C56H71ClN2O20. The molecule has 22 nitrogen and oxygen atoms in total. The highest BCUT2D eigenvalue weighted by Gasteiger charge is 2.68. The van der Waals surface area contributed by atoms with Crippen LogP contribution in [-0.2, 0) is 71.0 Å². The number of piperidine rings is 2. The number of rotatable bonds is 8. The Bertz CT molecular complexity index is 2810. The first-order valence-electron chi connectivity index (χ1n) is 27.4. The van der Waals surface area contributed by atoms with Crippen LogP contribution >= 0.6 is 0 Å². The van der Waals surface area contributed by atoms with E-state index < -0.39 is 104 Å². The highest BCUT2D eigenvalue weighted by Crippen LogP contribution is 2.65. The van der Waals surface area contributed by atoms with Crippen LogP contribution in [0.15, 0.2) is 47.9 Å². The summed E-state index contributed by atoms with van der Waals surface area (Å²) in [5.41, 5.74) is 4.33.